The van der Waals surface area contributed by atoms with Crippen LogP contribution in [0.3, 0.4) is 0 Å². The van der Waals surface area contributed by atoms with Crippen LogP contribution in [0, 0.1) is 12.9 Å². The van der Waals surface area contributed by atoms with E-state index in [0.29, 0.717) is 17.4 Å². The normalized spacial score (nSPS) is 15.3. The van der Waals surface area contributed by atoms with Crippen LogP contribution in [0.15, 0.2) is 18.2 Å². The predicted molar refractivity (Wildman–Crippen MR) is 67.2 cm³/mol. The minimum Gasteiger partial charge on any atom is -0.273 e. The first-order valence-electron chi connectivity index (χ1n) is 6.30. The van der Waals surface area contributed by atoms with Crippen molar-refractivity contribution in [2.45, 2.75) is 25.7 Å². The van der Waals surface area contributed by atoms with Gasteiger partial charge in [0.15, 0.2) is 5.69 Å². The Labute approximate surface area is 108 Å². The molecule has 96 valence electrons. The molecule has 3 aromatic heterocycles. The minimum absolute atomic E-state index is 0.206. The molecule has 0 amide bonds. The molecule has 5 nitrogen and oxygen atoms in total. The van der Waals surface area contributed by atoms with Crippen molar-refractivity contribution < 1.29 is 4.39 Å². The van der Waals surface area contributed by atoms with Gasteiger partial charge in [-0.25, -0.2) is 9.97 Å². The summed E-state index contributed by atoms with van der Waals surface area (Å²) in [6, 6.07) is 5.47. The molecule has 0 spiro atoms. The van der Waals surface area contributed by atoms with E-state index in [1.165, 1.54) is 4.40 Å². The van der Waals surface area contributed by atoms with Crippen molar-refractivity contribution in [2.24, 2.45) is 0 Å². The van der Waals surface area contributed by atoms with Gasteiger partial charge in [0.1, 0.15) is 11.5 Å². The molecule has 0 aromatic carbocycles. The number of aromatic nitrogens is 5. The Hall–Kier alpha value is -2.24. The van der Waals surface area contributed by atoms with Gasteiger partial charge in [0.25, 0.3) is 0 Å². The summed E-state index contributed by atoms with van der Waals surface area (Å²) in [7, 11) is 0. The average molecular weight is 257 g/mol. The van der Waals surface area contributed by atoms with Gasteiger partial charge in [-0.1, -0.05) is 6.07 Å². The fourth-order valence-electron chi connectivity index (χ4n) is 2.27. The fraction of sp³-hybridized carbons (Fsp3) is 0.308. The molecular weight excluding hydrogens is 245 g/mol. The number of fused-ring (bicyclic) bond motifs is 1. The quantitative estimate of drug-likeness (QED) is 0.767. The van der Waals surface area contributed by atoms with Crippen molar-refractivity contribution in [2.75, 3.05) is 0 Å². The second kappa shape index (κ2) is 3.63. The van der Waals surface area contributed by atoms with Gasteiger partial charge >= 0.3 is 0 Å². The Morgan fingerprint density at radius 3 is 2.89 bits per heavy atom. The molecule has 1 aliphatic rings. The van der Waals surface area contributed by atoms with Crippen molar-refractivity contribution in [3.63, 3.8) is 0 Å². The summed E-state index contributed by atoms with van der Waals surface area (Å²) < 4.78 is 15.9. The molecule has 0 bridgehead atoms. The number of hydrogen-bond donors (Lipinski definition) is 1. The lowest BCUT2D eigenvalue weighted by molar-refractivity contribution is 0.571. The molecule has 0 atom stereocenters. The van der Waals surface area contributed by atoms with E-state index in [1.54, 1.807) is 6.07 Å². The Balaban J connectivity index is 1.89. The number of nitrogens with zero attached hydrogens (tertiary/aromatic N) is 4. The Morgan fingerprint density at radius 2 is 2.16 bits per heavy atom. The van der Waals surface area contributed by atoms with Crippen LogP contribution in [-0.2, 0) is 0 Å². The van der Waals surface area contributed by atoms with Gasteiger partial charge in [-0.05, 0) is 31.9 Å². The van der Waals surface area contributed by atoms with Crippen LogP contribution >= 0.6 is 0 Å². The van der Waals surface area contributed by atoms with Crippen molar-refractivity contribution in [1.29, 1.82) is 0 Å². The van der Waals surface area contributed by atoms with Gasteiger partial charge in [-0.3, -0.25) is 9.50 Å². The number of imidazole rings is 1. The molecule has 0 saturated heterocycles. The van der Waals surface area contributed by atoms with Crippen molar-refractivity contribution in [3.8, 4) is 11.5 Å². The van der Waals surface area contributed by atoms with Crippen LogP contribution in [0.1, 0.15) is 30.3 Å². The Bertz CT molecular complexity index is 769. The van der Waals surface area contributed by atoms with Gasteiger partial charge < -0.3 is 0 Å². The maximum atomic E-state index is 14.4. The maximum Gasteiger partial charge on any atom is 0.229 e. The van der Waals surface area contributed by atoms with E-state index in [-0.39, 0.29) is 5.69 Å². The number of aromatic amines is 1. The molecule has 3 aromatic rings. The molecule has 1 aliphatic carbocycles. The van der Waals surface area contributed by atoms with Crippen LogP contribution in [-0.4, -0.2) is 24.6 Å². The lowest BCUT2D eigenvalue weighted by Gasteiger charge is -1.97. The molecule has 0 aliphatic heterocycles. The van der Waals surface area contributed by atoms with Crippen LogP contribution in [0.5, 0.6) is 0 Å². The number of rotatable bonds is 2. The Kier molecular flexibility index (Phi) is 2.04. The van der Waals surface area contributed by atoms with Crippen molar-refractivity contribution in [1.82, 2.24) is 24.6 Å². The summed E-state index contributed by atoms with van der Waals surface area (Å²) in [5.74, 6) is 1.23. The number of pyridine rings is 1. The first kappa shape index (κ1) is 10.7. The second-order valence-corrected chi connectivity index (χ2v) is 4.93. The molecule has 1 fully saturated rings. The van der Waals surface area contributed by atoms with Crippen LogP contribution in [0.2, 0.25) is 0 Å². The molecule has 6 heteroatoms. The first-order valence-corrected chi connectivity index (χ1v) is 6.30. The molecule has 3 heterocycles. The van der Waals surface area contributed by atoms with E-state index in [1.807, 2.05) is 19.1 Å². The van der Waals surface area contributed by atoms with Gasteiger partial charge in [0.05, 0.1) is 0 Å². The zero-order chi connectivity index (χ0) is 13.0. The monoisotopic (exact) mass is 257 g/mol. The topological polar surface area (TPSA) is 58.9 Å². The van der Waals surface area contributed by atoms with Crippen LogP contribution in [0.25, 0.3) is 17.2 Å². The molecule has 19 heavy (non-hydrogen) atoms. The van der Waals surface area contributed by atoms with Gasteiger partial charge in [0, 0.05) is 11.6 Å². The van der Waals surface area contributed by atoms with E-state index in [9.17, 15) is 4.39 Å². The zero-order valence-corrected chi connectivity index (χ0v) is 10.4. The summed E-state index contributed by atoms with van der Waals surface area (Å²) in [6.45, 7) is 1.84. The lowest BCUT2D eigenvalue weighted by atomic mass is 10.4. The van der Waals surface area contributed by atoms with E-state index in [0.717, 1.165) is 24.4 Å². The molecule has 4 rings (SSSR count). The number of H-pyrrole nitrogens is 1. The Morgan fingerprint density at radius 1 is 1.32 bits per heavy atom. The zero-order valence-electron chi connectivity index (χ0n) is 10.4. The summed E-state index contributed by atoms with van der Waals surface area (Å²) in [4.78, 5) is 8.63. The highest BCUT2D eigenvalue weighted by atomic mass is 19.1. The first-order chi connectivity index (χ1) is 9.24. The highest BCUT2D eigenvalue weighted by Crippen LogP contribution is 2.38. The summed E-state index contributed by atoms with van der Waals surface area (Å²) in [6.07, 6.45) is 2.25. The SMILES string of the molecule is Cc1cccc2nc(-c3n[nH]c(C4CC4)n3)c(F)n12. The third-order valence-corrected chi connectivity index (χ3v) is 3.46. The van der Waals surface area contributed by atoms with Crippen molar-refractivity contribution in [3.05, 3.63) is 35.7 Å². The van der Waals surface area contributed by atoms with Gasteiger partial charge in [-0.15, -0.1) is 0 Å². The number of nitrogens with one attached hydrogen (secondary N) is 1. The van der Waals surface area contributed by atoms with Gasteiger partial charge in [-0.2, -0.15) is 9.49 Å². The van der Waals surface area contributed by atoms with E-state index < -0.39 is 5.95 Å². The molecule has 0 unspecified atom stereocenters. The standard InChI is InChI=1S/C13H12FN5/c1-7-3-2-4-9-15-10(11(14)19(7)9)13-16-12(17-18-13)8-5-6-8/h2-4,8H,5-6H2,1H3,(H,16,17,18). The third-order valence-electron chi connectivity index (χ3n) is 3.46. The second-order valence-electron chi connectivity index (χ2n) is 4.93. The third kappa shape index (κ3) is 1.56. The molecule has 1 saturated carbocycles. The molecular formula is C13H12FN5. The van der Waals surface area contributed by atoms with E-state index in [2.05, 4.69) is 20.2 Å². The number of halogens is 1. The van der Waals surface area contributed by atoms with Gasteiger partial charge in [0.2, 0.25) is 11.8 Å². The van der Waals surface area contributed by atoms with Crippen LogP contribution in [0.4, 0.5) is 4.39 Å². The summed E-state index contributed by atoms with van der Waals surface area (Å²) >= 11 is 0. The highest BCUT2D eigenvalue weighted by molar-refractivity contribution is 5.57. The maximum absolute atomic E-state index is 14.4. The summed E-state index contributed by atoms with van der Waals surface area (Å²) in [5.41, 5.74) is 1.58. The number of aryl methyl sites for hydroxylation is 1. The molecule has 1 N–H and O–H groups in total. The van der Waals surface area contributed by atoms with Crippen molar-refractivity contribution >= 4 is 5.65 Å². The largest absolute Gasteiger partial charge is 0.273 e. The average Bonchev–Trinajstić information content (AvgIpc) is 3.03. The minimum atomic E-state index is -0.408. The number of hydrogen-bond acceptors (Lipinski definition) is 3. The molecule has 0 radical (unpaired) electrons. The van der Waals surface area contributed by atoms with E-state index in [4.69, 9.17) is 0 Å². The van der Waals surface area contributed by atoms with E-state index >= 15 is 0 Å². The highest BCUT2D eigenvalue weighted by Gasteiger charge is 2.28. The summed E-state index contributed by atoms with van der Waals surface area (Å²) in [5, 5.41) is 6.96. The smallest absolute Gasteiger partial charge is 0.229 e. The fourth-order valence-corrected chi connectivity index (χ4v) is 2.27. The lowest BCUT2D eigenvalue weighted by Crippen LogP contribution is -1.94. The predicted octanol–water partition coefficient (Wildman–Crippen LogP) is 2.44. The van der Waals surface area contributed by atoms with Crippen LogP contribution < -0.4 is 0 Å².